The molecule has 1 aliphatic rings. The molecule has 3 atom stereocenters. The lowest BCUT2D eigenvalue weighted by atomic mass is 9.95. The van der Waals surface area contributed by atoms with Gasteiger partial charge in [0.05, 0.1) is 0 Å². The Hall–Kier alpha value is -0.820. The molecule has 1 N–H and O–H groups in total. The largest absolute Gasteiger partial charge is 0.313 e. The van der Waals surface area contributed by atoms with E-state index in [4.69, 9.17) is 0 Å². The van der Waals surface area contributed by atoms with E-state index in [-0.39, 0.29) is 0 Å². The van der Waals surface area contributed by atoms with Gasteiger partial charge in [0.2, 0.25) is 0 Å². The molecule has 3 unspecified atom stereocenters. The van der Waals surface area contributed by atoms with Crippen LogP contribution in [0.1, 0.15) is 70.3 Å². The molecule has 0 aromatic heterocycles. The zero-order valence-corrected chi connectivity index (χ0v) is 13.3. The van der Waals surface area contributed by atoms with E-state index in [0.29, 0.717) is 5.92 Å². The van der Waals surface area contributed by atoms with Gasteiger partial charge in [0, 0.05) is 12.6 Å². The van der Waals surface area contributed by atoms with Gasteiger partial charge in [0.1, 0.15) is 0 Å². The first-order valence-electron chi connectivity index (χ1n) is 8.58. The molecular weight excluding hydrogens is 242 g/mol. The Kier molecular flexibility index (Phi) is 6.59. The predicted octanol–water partition coefficient (Wildman–Crippen LogP) is 5.13. The van der Waals surface area contributed by atoms with Crippen LogP contribution in [-0.2, 0) is 0 Å². The Morgan fingerprint density at radius 3 is 2.65 bits per heavy atom. The van der Waals surface area contributed by atoms with Crippen molar-refractivity contribution < 1.29 is 0 Å². The standard InChI is InChI=1S/C19H31N/c1-3-8-17-9-7-12-19(14-13-17)20-15-16(2)18-10-5-4-6-11-18/h4-6,10-11,16-17,19-20H,3,7-9,12-15H2,1-2H3. The van der Waals surface area contributed by atoms with Crippen LogP contribution in [0.25, 0.3) is 0 Å². The Bertz CT molecular complexity index is 359. The van der Waals surface area contributed by atoms with Crippen LogP contribution in [0.4, 0.5) is 0 Å². The minimum absolute atomic E-state index is 0.617. The summed E-state index contributed by atoms with van der Waals surface area (Å²) in [6, 6.07) is 11.6. The molecule has 0 heterocycles. The second-order valence-corrected chi connectivity index (χ2v) is 6.58. The van der Waals surface area contributed by atoms with Gasteiger partial charge in [-0.15, -0.1) is 0 Å². The van der Waals surface area contributed by atoms with E-state index in [0.717, 1.165) is 18.5 Å². The van der Waals surface area contributed by atoms with Crippen molar-refractivity contribution in [2.75, 3.05) is 6.54 Å². The normalized spacial score (nSPS) is 25.1. The molecule has 1 heteroatoms. The van der Waals surface area contributed by atoms with Crippen molar-refractivity contribution in [2.45, 2.75) is 70.8 Å². The second kappa shape index (κ2) is 8.46. The van der Waals surface area contributed by atoms with Crippen LogP contribution in [0.2, 0.25) is 0 Å². The maximum atomic E-state index is 3.82. The molecule has 1 nitrogen and oxygen atoms in total. The van der Waals surface area contributed by atoms with Gasteiger partial charge >= 0.3 is 0 Å². The van der Waals surface area contributed by atoms with E-state index >= 15 is 0 Å². The van der Waals surface area contributed by atoms with Gasteiger partial charge in [-0.3, -0.25) is 0 Å². The fourth-order valence-corrected chi connectivity index (χ4v) is 3.52. The zero-order valence-electron chi connectivity index (χ0n) is 13.3. The van der Waals surface area contributed by atoms with Gasteiger partial charge in [-0.1, -0.05) is 69.9 Å². The van der Waals surface area contributed by atoms with E-state index in [1.54, 1.807) is 0 Å². The van der Waals surface area contributed by atoms with Crippen molar-refractivity contribution >= 4 is 0 Å². The topological polar surface area (TPSA) is 12.0 Å². The molecular formula is C19H31N. The summed E-state index contributed by atoms with van der Waals surface area (Å²) in [4.78, 5) is 0. The molecule has 112 valence electrons. The third-order valence-electron chi connectivity index (χ3n) is 4.87. The fraction of sp³-hybridized carbons (Fsp3) is 0.684. The van der Waals surface area contributed by atoms with Crippen molar-refractivity contribution in [2.24, 2.45) is 5.92 Å². The minimum Gasteiger partial charge on any atom is -0.313 e. The zero-order chi connectivity index (χ0) is 14.2. The van der Waals surface area contributed by atoms with Crippen molar-refractivity contribution in [3.05, 3.63) is 35.9 Å². The van der Waals surface area contributed by atoms with Crippen LogP contribution < -0.4 is 5.32 Å². The first-order chi connectivity index (χ1) is 9.79. The average molecular weight is 273 g/mol. The third-order valence-corrected chi connectivity index (χ3v) is 4.87. The van der Waals surface area contributed by atoms with Gasteiger partial charge in [-0.2, -0.15) is 0 Å². The molecule has 2 rings (SSSR count). The lowest BCUT2D eigenvalue weighted by Gasteiger charge is -2.20. The smallest absolute Gasteiger partial charge is 0.00674 e. The lowest BCUT2D eigenvalue weighted by molar-refractivity contribution is 0.407. The molecule has 1 saturated carbocycles. The van der Waals surface area contributed by atoms with Gasteiger partial charge in [-0.25, -0.2) is 0 Å². The van der Waals surface area contributed by atoms with Crippen molar-refractivity contribution in [3.63, 3.8) is 0 Å². The summed E-state index contributed by atoms with van der Waals surface area (Å²) < 4.78 is 0. The maximum Gasteiger partial charge on any atom is 0.00674 e. The quantitative estimate of drug-likeness (QED) is 0.709. The molecule has 20 heavy (non-hydrogen) atoms. The summed E-state index contributed by atoms with van der Waals surface area (Å²) in [7, 11) is 0. The monoisotopic (exact) mass is 273 g/mol. The first kappa shape index (κ1) is 15.6. The molecule has 1 fully saturated rings. The van der Waals surface area contributed by atoms with Crippen LogP contribution in [0, 0.1) is 5.92 Å². The predicted molar refractivity (Wildman–Crippen MR) is 88.1 cm³/mol. The summed E-state index contributed by atoms with van der Waals surface area (Å²) in [5.41, 5.74) is 1.46. The summed E-state index contributed by atoms with van der Waals surface area (Å²) >= 11 is 0. The Balaban J connectivity index is 1.74. The number of rotatable bonds is 6. The van der Waals surface area contributed by atoms with Crippen LogP contribution in [0.3, 0.4) is 0 Å². The highest BCUT2D eigenvalue weighted by Gasteiger charge is 2.18. The Labute approximate surface area is 125 Å². The van der Waals surface area contributed by atoms with Crippen LogP contribution in [0.5, 0.6) is 0 Å². The first-order valence-corrected chi connectivity index (χ1v) is 8.58. The van der Waals surface area contributed by atoms with E-state index in [9.17, 15) is 0 Å². The number of hydrogen-bond donors (Lipinski definition) is 1. The van der Waals surface area contributed by atoms with Crippen molar-refractivity contribution in [1.29, 1.82) is 0 Å². The third kappa shape index (κ3) is 4.94. The van der Waals surface area contributed by atoms with Gasteiger partial charge < -0.3 is 5.32 Å². The highest BCUT2D eigenvalue weighted by Crippen LogP contribution is 2.27. The van der Waals surface area contributed by atoms with Gasteiger partial charge in [-0.05, 0) is 36.7 Å². The van der Waals surface area contributed by atoms with E-state index < -0.39 is 0 Å². The average Bonchev–Trinajstić information content (AvgIpc) is 2.71. The summed E-state index contributed by atoms with van der Waals surface area (Å²) in [5, 5.41) is 3.82. The number of hydrogen-bond acceptors (Lipinski definition) is 1. The molecule has 0 bridgehead atoms. The summed E-state index contributed by atoms with van der Waals surface area (Å²) in [6.07, 6.45) is 9.86. The lowest BCUT2D eigenvalue weighted by Crippen LogP contribution is -2.31. The fourth-order valence-electron chi connectivity index (χ4n) is 3.52. The van der Waals surface area contributed by atoms with E-state index in [1.165, 1.54) is 50.5 Å². The van der Waals surface area contributed by atoms with E-state index in [1.807, 2.05) is 0 Å². The van der Waals surface area contributed by atoms with Crippen LogP contribution in [-0.4, -0.2) is 12.6 Å². The molecule has 1 aliphatic carbocycles. The Morgan fingerprint density at radius 1 is 1.10 bits per heavy atom. The molecule has 0 amide bonds. The van der Waals surface area contributed by atoms with Crippen molar-refractivity contribution in [3.8, 4) is 0 Å². The molecule has 1 aromatic carbocycles. The highest BCUT2D eigenvalue weighted by atomic mass is 14.9. The number of benzene rings is 1. The van der Waals surface area contributed by atoms with Crippen LogP contribution >= 0.6 is 0 Å². The van der Waals surface area contributed by atoms with Crippen molar-refractivity contribution in [1.82, 2.24) is 5.32 Å². The van der Waals surface area contributed by atoms with E-state index in [2.05, 4.69) is 49.5 Å². The molecule has 1 aromatic rings. The van der Waals surface area contributed by atoms with Gasteiger partial charge in [0.15, 0.2) is 0 Å². The molecule has 0 spiro atoms. The summed E-state index contributed by atoms with van der Waals surface area (Å²) in [5.74, 6) is 1.62. The number of nitrogens with one attached hydrogen (secondary N) is 1. The second-order valence-electron chi connectivity index (χ2n) is 6.58. The molecule has 0 radical (unpaired) electrons. The summed E-state index contributed by atoms with van der Waals surface area (Å²) in [6.45, 7) is 5.77. The minimum atomic E-state index is 0.617. The SMILES string of the molecule is CCCC1CCCC(NCC(C)c2ccccc2)CC1. The van der Waals surface area contributed by atoms with Crippen LogP contribution in [0.15, 0.2) is 30.3 Å². The van der Waals surface area contributed by atoms with Gasteiger partial charge in [0.25, 0.3) is 0 Å². The molecule has 0 aliphatic heterocycles. The maximum absolute atomic E-state index is 3.82. The Morgan fingerprint density at radius 2 is 1.90 bits per heavy atom. The highest BCUT2D eigenvalue weighted by molar-refractivity contribution is 5.18. The molecule has 0 saturated heterocycles.